The van der Waals surface area contributed by atoms with Crippen LogP contribution in [0.4, 0.5) is 5.69 Å². The van der Waals surface area contributed by atoms with Crippen LogP contribution in [0, 0.1) is 11.8 Å². The van der Waals surface area contributed by atoms with Gasteiger partial charge in [0.2, 0.25) is 0 Å². The lowest BCUT2D eigenvalue weighted by Crippen LogP contribution is -2.39. The van der Waals surface area contributed by atoms with Gasteiger partial charge in [-0.2, -0.15) is 0 Å². The Labute approximate surface area is 187 Å². The molecule has 0 amide bonds. The summed E-state index contributed by atoms with van der Waals surface area (Å²) in [6.45, 7) is 9.34. The number of rotatable bonds is 8. The lowest BCUT2D eigenvalue weighted by atomic mass is 9.92. The summed E-state index contributed by atoms with van der Waals surface area (Å²) >= 11 is 0. The van der Waals surface area contributed by atoms with Crippen molar-refractivity contribution in [3.05, 3.63) is 18.2 Å². The van der Waals surface area contributed by atoms with Gasteiger partial charge in [-0.1, -0.05) is 13.8 Å². The fraction of sp³-hybridized carbons (Fsp3) is 0.667. The van der Waals surface area contributed by atoms with Crippen molar-refractivity contribution in [3.8, 4) is 11.5 Å². The van der Waals surface area contributed by atoms with E-state index in [9.17, 15) is 0 Å². The van der Waals surface area contributed by atoms with Gasteiger partial charge in [-0.3, -0.25) is 4.99 Å². The van der Waals surface area contributed by atoms with E-state index in [0.29, 0.717) is 11.5 Å². The van der Waals surface area contributed by atoms with E-state index in [2.05, 4.69) is 34.4 Å². The second-order valence-corrected chi connectivity index (χ2v) is 7.61. The van der Waals surface area contributed by atoms with Gasteiger partial charge in [0.25, 0.3) is 0 Å². The van der Waals surface area contributed by atoms with Crippen molar-refractivity contribution >= 4 is 35.6 Å². The Bertz CT molecular complexity index is 602. The number of nitrogens with zero attached hydrogens (tertiary/aromatic N) is 2. The second kappa shape index (κ2) is 13.1. The highest BCUT2D eigenvalue weighted by Gasteiger charge is 2.20. The van der Waals surface area contributed by atoms with Crippen molar-refractivity contribution in [1.29, 1.82) is 0 Å². The Morgan fingerprint density at radius 1 is 1.11 bits per heavy atom. The summed E-state index contributed by atoms with van der Waals surface area (Å²) in [4.78, 5) is 6.92. The molecule has 0 aromatic heterocycles. The molecule has 1 heterocycles. The van der Waals surface area contributed by atoms with E-state index in [1.807, 2.05) is 18.2 Å². The minimum absolute atomic E-state index is 0. The maximum atomic E-state index is 5.35. The summed E-state index contributed by atoms with van der Waals surface area (Å²) in [7, 11) is 5.06. The molecule has 0 radical (unpaired) electrons. The van der Waals surface area contributed by atoms with Crippen molar-refractivity contribution in [1.82, 2.24) is 10.2 Å². The van der Waals surface area contributed by atoms with E-state index in [4.69, 9.17) is 9.47 Å². The highest BCUT2D eigenvalue weighted by atomic mass is 127. The molecule has 6 nitrogen and oxygen atoms in total. The van der Waals surface area contributed by atoms with Crippen LogP contribution >= 0.6 is 24.0 Å². The van der Waals surface area contributed by atoms with Crippen LogP contribution in [0.1, 0.15) is 33.1 Å². The first-order valence-corrected chi connectivity index (χ1v) is 9.97. The molecule has 0 bridgehead atoms. The van der Waals surface area contributed by atoms with Crippen molar-refractivity contribution in [2.45, 2.75) is 33.1 Å². The molecule has 0 saturated carbocycles. The van der Waals surface area contributed by atoms with Gasteiger partial charge in [0.05, 0.1) is 14.2 Å². The number of ether oxygens (including phenoxy) is 2. The Kier molecular flexibility index (Phi) is 11.6. The predicted molar refractivity (Wildman–Crippen MR) is 129 cm³/mol. The van der Waals surface area contributed by atoms with Gasteiger partial charge >= 0.3 is 0 Å². The maximum absolute atomic E-state index is 5.35. The first kappa shape index (κ1) is 24.8. The monoisotopic (exact) mass is 504 g/mol. The zero-order valence-corrected chi connectivity index (χ0v) is 20.3. The molecule has 0 aliphatic carbocycles. The van der Waals surface area contributed by atoms with Crippen LogP contribution in [0.15, 0.2) is 23.2 Å². The van der Waals surface area contributed by atoms with Gasteiger partial charge in [0, 0.05) is 38.4 Å². The fourth-order valence-corrected chi connectivity index (χ4v) is 3.87. The van der Waals surface area contributed by atoms with Crippen LogP contribution in [0.2, 0.25) is 0 Å². The van der Waals surface area contributed by atoms with E-state index >= 15 is 0 Å². The zero-order chi connectivity index (χ0) is 19.6. The molecular formula is C21H37IN4O2. The van der Waals surface area contributed by atoms with Gasteiger partial charge in [0.15, 0.2) is 17.5 Å². The average Bonchev–Trinajstić information content (AvgIpc) is 2.65. The van der Waals surface area contributed by atoms with Gasteiger partial charge in [-0.25, -0.2) is 0 Å². The molecule has 28 heavy (non-hydrogen) atoms. The number of piperidine rings is 1. The van der Waals surface area contributed by atoms with E-state index in [1.165, 1.54) is 32.5 Å². The van der Waals surface area contributed by atoms with Crippen LogP contribution in [-0.2, 0) is 0 Å². The molecule has 2 atom stereocenters. The number of aliphatic imine (C=N–C) groups is 1. The summed E-state index contributed by atoms with van der Waals surface area (Å²) in [6.07, 6.45) is 3.71. The molecule has 2 N–H and O–H groups in total. The van der Waals surface area contributed by atoms with E-state index in [1.54, 1.807) is 21.3 Å². The van der Waals surface area contributed by atoms with Crippen LogP contribution in [-0.4, -0.2) is 58.3 Å². The van der Waals surface area contributed by atoms with Crippen LogP contribution in [0.3, 0.4) is 0 Å². The molecule has 2 rings (SSSR count). The number of hydrogen-bond donors (Lipinski definition) is 2. The normalized spacial score (nSPS) is 20.2. The van der Waals surface area contributed by atoms with Crippen molar-refractivity contribution in [3.63, 3.8) is 0 Å². The van der Waals surface area contributed by atoms with E-state index in [0.717, 1.165) is 36.4 Å². The molecule has 2 unspecified atom stereocenters. The average molecular weight is 504 g/mol. The van der Waals surface area contributed by atoms with Gasteiger partial charge in [-0.15, -0.1) is 24.0 Å². The summed E-state index contributed by atoms with van der Waals surface area (Å²) in [5.41, 5.74) is 0.914. The molecule has 1 aromatic rings. The minimum atomic E-state index is 0. The number of benzene rings is 1. The molecule has 1 aliphatic heterocycles. The summed E-state index contributed by atoms with van der Waals surface area (Å²) < 4.78 is 10.6. The highest BCUT2D eigenvalue weighted by Crippen LogP contribution is 2.29. The van der Waals surface area contributed by atoms with Crippen LogP contribution in [0.5, 0.6) is 11.5 Å². The molecule has 1 saturated heterocycles. The third kappa shape index (κ3) is 8.03. The number of unbranched alkanes of at least 4 members (excludes halogenated alkanes) is 1. The quantitative estimate of drug-likeness (QED) is 0.242. The number of guanidine groups is 1. The number of likely N-dealkylation sites (tertiary alicyclic amines) is 1. The smallest absolute Gasteiger partial charge is 0.195 e. The van der Waals surface area contributed by atoms with Crippen molar-refractivity contribution < 1.29 is 9.47 Å². The summed E-state index contributed by atoms with van der Waals surface area (Å²) in [6, 6.07) is 5.74. The Morgan fingerprint density at radius 2 is 1.79 bits per heavy atom. The predicted octanol–water partition coefficient (Wildman–Crippen LogP) is 4.07. The van der Waals surface area contributed by atoms with Crippen molar-refractivity contribution in [2.75, 3.05) is 52.8 Å². The Balaban J connectivity index is 0.00000392. The third-order valence-corrected chi connectivity index (χ3v) is 5.01. The Morgan fingerprint density at radius 3 is 2.39 bits per heavy atom. The topological polar surface area (TPSA) is 58.1 Å². The Hall–Kier alpha value is -1.22. The van der Waals surface area contributed by atoms with Gasteiger partial charge in [0.1, 0.15) is 0 Å². The molecule has 1 aliphatic rings. The lowest BCUT2D eigenvalue weighted by Gasteiger charge is -2.34. The zero-order valence-electron chi connectivity index (χ0n) is 18.0. The SMILES string of the molecule is CN=C(NCCCCN1CC(C)CC(C)C1)Nc1ccc(OC)c(OC)c1.I. The third-order valence-electron chi connectivity index (χ3n) is 5.01. The number of hydrogen-bond acceptors (Lipinski definition) is 4. The largest absolute Gasteiger partial charge is 0.493 e. The van der Waals surface area contributed by atoms with Crippen LogP contribution in [0.25, 0.3) is 0 Å². The first-order chi connectivity index (χ1) is 13.0. The fourth-order valence-electron chi connectivity index (χ4n) is 3.87. The van der Waals surface area contributed by atoms with E-state index < -0.39 is 0 Å². The molecule has 1 aromatic carbocycles. The standard InChI is InChI=1S/C21H36N4O2.HI/c1-16-12-17(2)15-25(14-16)11-7-6-10-23-21(22-3)24-18-8-9-19(26-4)20(13-18)27-5;/h8-9,13,16-17H,6-7,10-12,14-15H2,1-5H3,(H2,22,23,24);1H. The van der Waals surface area contributed by atoms with Gasteiger partial charge < -0.3 is 25.0 Å². The number of nitrogens with one attached hydrogen (secondary N) is 2. The summed E-state index contributed by atoms with van der Waals surface area (Å²) in [5, 5.41) is 6.69. The molecule has 7 heteroatoms. The molecule has 1 fully saturated rings. The highest BCUT2D eigenvalue weighted by molar-refractivity contribution is 14.0. The number of halogens is 1. The van der Waals surface area contributed by atoms with E-state index in [-0.39, 0.29) is 24.0 Å². The maximum Gasteiger partial charge on any atom is 0.195 e. The van der Waals surface area contributed by atoms with Crippen molar-refractivity contribution in [2.24, 2.45) is 16.8 Å². The lowest BCUT2D eigenvalue weighted by molar-refractivity contribution is 0.139. The molecule has 0 spiro atoms. The van der Waals surface area contributed by atoms with Gasteiger partial charge in [-0.05, 0) is 49.8 Å². The number of anilines is 1. The minimum Gasteiger partial charge on any atom is -0.493 e. The molecular weight excluding hydrogens is 467 g/mol. The molecule has 160 valence electrons. The van der Waals surface area contributed by atoms with Crippen LogP contribution < -0.4 is 20.1 Å². The first-order valence-electron chi connectivity index (χ1n) is 9.97. The number of methoxy groups -OCH3 is 2. The second-order valence-electron chi connectivity index (χ2n) is 7.61. The summed E-state index contributed by atoms with van der Waals surface area (Å²) in [5.74, 6) is 3.84.